The molecule has 0 aliphatic rings. The van der Waals surface area contributed by atoms with E-state index in [2.05, 4.69) is 181 Å². The number of fused-ring (bicyclic) bond motifs is 4. The van der Waals surface area contributed by atoms with E-state index in [1.165, 1.54) is 27.5 Å². The number of benzene rings is 8. The van der Waals surface area contributed by atoms with Gasteiger partial charge in [-0.25, -0.2) is 0 Å². The molecule has 48 heavy (non-hydrogen) atoms. The smallest absolute Gasteiger partial charge is 0.136 e. The third-order valence-electron chi connectivity index (χ3n) is 9.25. The van der Waals surface area contributed by atoms with Crippen LogP contribution in [0.3, 0.4) is 0 Å². The highest BCUT2D eigenvalue weighted by Crippen LogP contribution is 2.46. The first-order valence-corrected chi connectivity index (χ1v) is 16.3. The zero-order valence-corrected chi connectivity index (χ0v) is 26.3. The largest absolute Gasteiger partial charge is 0.456 e. The Balaban J connectivity index is 1.26. The molecule has 0 bridgehead atoms. The van der Waals surface area contributed by atoms with Gasteiger partial charge in [0.25, 0.3) is 0 Å². The van der Waals surface area contributed by atoms with Gasteiger partial charge in [-0.1, -0.05) is 140 Å². The van der Waals surface area contributed by atoms with Crippen LogP contribution >= 0.6 is 0 Å². The third kappa shape index (κ3) is 4.92. The van der Waals surface area contributed by atoms with Gasteiger partial charge in [-0.3, -0.25) is 0 Å². The summed E-state index contributed by atoms with van der Waals surface area (Å²) in [5.41, 5.74) is 12.0. The maximum absolute atomic E-state index is 6.34. The molecule has 0 radical (unpaired) electrons. The Morgan fingerprint density at radius 2 is 0.938 bits per heavy atom. The lowest BCUT2D eigenvalue weighted by Crippen LogP contribution is -2.12. The molecular weight excluding hydrogens is 583 g/mol. The monoisotopic (exact) mass is 613 g/mol. The summed E-state index contributed by atoms with van der Waals surface area (Å²) in [6.45, 7) is 0. The minimum Gasteiger partial charge on any atom is -0.456 e. The maximum Gasteiger partial charge on any atom is 0.136 e. The lowest BCUT2D eigenvalue weighted by atomic mass is 9.97. The van der Waals surface area contributed by atoms with Gasteiger partial charge in [-0.15, -0.1) is 0 Å². The van der Waals surface area contributed by atoms with Crippen molar-refractivity contribution in [1.82, 2.24) is 0 Å². The van der Waals surface area contributed by atoms with Gasteiger partial charge >= 0.3 is 0 Å². The number of rotatable bonds is 6. The Morgan fingerprint density at radius 3 is 1.77 bits per heavy atom. The average Bonchev–Trinajstić information content (AvgIpc) is 3.54. The van der Waals surface area contributed by atoms with Crippen LogP contribution < -0.4 is 4.90 Å². The summed E-state index contributed by atoms with van der Waals surface area (Å²) < 4.78 is 6.34. The molecule has 0 amide bonds. The van der Waals surface area contributed by atoms with Gasteiger partial charge in [-0.2, -0.15) is 0 Å². The van der Waals surface area contributed by atoms with Crippen LogP contribution in [0.15, 0.2) is 192 Å². The Hall–Kier alpha value is -6.38. The van der Waals surface area contributed by atoms with E-state index in [9.17, 15) is 0 Å². The fraction of sp³-hybridized carbons (Fsp3) is 0. The first kappa shape index (κ1) is 27.9. The summed E-state index contributed by atoms with van der Waals surface area (Å²) in [7, 11) is 0. The van der Waals surface area contributed by atoms with Crippen LogP contribution in [-0.4, -0.2) is 0 Å². The van der Waals surface area contributed by atoms with Crippen molar-refractivity contribution in [3.63, 3.8) is 0 Å². The molecule has 1 heterocycles. The molecule has 0 spiro atoms. The third-order valence-corrected chi connectivity index (χ3v) is 9.25. The molecule has 0 aliphatic heterocycles. The zero-order valence-electron chi connectivity index (χ0n) is 26.3. The van der Waals surface area contributed by atoms with Crippen LogP contribution in [0.1, 0.15) is 0 Å². The maximum atomic E-state index is 6.34. The topological polar surface area (TPSA) is 16.4 Å². The SMILES string of the molecule is c1ccc(-c2ccccc2N(c2cccc(-c3ccc4ccccc4c3)c2)c2ccccc2-c2ccc3c(c2)oc2ccccc23)cc1. The fourth-order valence-corrected chi connectivity index (χ4v) is 6.94. The predicted octanol–water partition coefficient (Wildman–Crippen LogP) is 13.2. The molecule has 0 saturated heterocycles. The predicted molar refractivity (Wildman–Crippen MR) is 202 cm³/mol. The van der Waals surface area contributed by atoms with E-state index in [0.717, 1.165) is 55.7 Å². The molecule has 0 N–H and O–H groups in total. The average molecular weight is 614 g/mol. The van der Waals surface area contributed by atoms with Crippen molar-refractivity contribution in [1.29, 1.82) is 0 Å². The van der Waals surface area contributed by atoms with Crippen molar-refractivity contribution in [3.8, 4) is 33.4 Å². The van der Waals surface area contributed by atoms with Crippen LogP contribution in [0, 0.1) is 0 Å². The molecule has 226 valence electrons. The normalized spacial score (nSPS) is 11.3. The van der Waals surface area contributed by atoms with Gasteiger partial charge in [0.15, 0.2) is 0 Å². The van der Waals surface area contributed by atoms with Crippen LogP contribution in [0.4, 0.5) is 17.1 Å². The van der Waals surface area contributed by atoms with Crippen molar-refractivity contribution in [2.75, 3.05) is 4.90 Å². The lowest BCUT2D eigenvalue weighted by Gasteiger charge is -2.30. The number of anilines is 3. The first-order valence-electron chi connectivity index (χ1n) is 16.3. The first-order chi connectivity index (χ1) is 23.8. The molecule has 8 aromatic carbocycles. The summed E-state index contributed by atoms with van der Waals surface area (Å²) in [5.74, 6) is 0. The molecule has 0 saturated carbocycles. The summed E-state index contributed by atoms with van der Waals surface area (Å²) in [4.78, 5) is 2.41. The quantitative estimate of drug-likeness (QED) is 0.185. The number of hydrogen-bond acceptors (Lipinski definition) is 2. The minimum atomic E-state index is 0.887. The van der Waals surface area contributed by atoms with Crippen molar-refractivity contribution in [2.45, 2.75) is 0 Å². The summed E-state index contributed by atoms with van der Waals surface area (Å²) in [5, 5.41) is 4.74. The van der Waals surface area contributed by atoms with Gasteiger partial charge < -0.3 is 9.32 Å². The number of furan rings is 1. The molecule has 0 unspecified atom stereocenters. The van der Waals surface area contributed by atoms with Gasteiger partial charge in [0.05, 0.1) is 11.4 Å². The van der Waals surface area contributed by atoms with Gasteiger partial charge in [-0.05, 0) is 81.6 Å². The fourth-order valence-electron chi connectivity index (χ4n) is 6.94. The van der Waals surface area contributed by atoms with Gasteiger partial charge in [0, 0.05) is 27.6 Å². The summed E-state index contributed by atoms with van der Waals surface area (Å²) >= 11 is 0. The zero-order chi connectivity index (χ0) is 31.9. The van der Waals surface area contributed by atoms with E-state index in [1.54, 1.807) is 0 Å². The molecule has 1 aromatic heterocycles. The Morgan fingerprint density at radius 1 is 0.333 bits per heavy atom. The van der Waals surface area contributed by atoms with Crippen LogP contribution in [0.25, 0.3) is 66.1 Å². The molecule has 9 aromatic rings. The molecule has 0 aliphatic carbocycles. The standard InChI is InChI=1S/C46H31NO/c1-2-14-33(15-3-1)39-19-6-9-22-43(39)47(38-18-12-17-35(30-38)36-26-25-32-13-4-5-16-34(32)29-36)44-23-10-7-20-40(44)37-27-28-42-41-21-8-11-24-45(41)48-46(42)31-37/h1-31H. The Bertz CT molecular complexity index is 2580. The van der Waals surface area contributed by atoms with Crippen molar-refractivity contribution in [3.05, 3.63) is 188 Å². The molecule has 0 fully saturated rings. The highest BCUT2D eigenvalue weighted by atomic mass is 16.3. The number of para-hydroxylation sites is 3. The number of nitrogens with zero attached hydrogens (tertiary/aromatic N) is 1. The minimum absolute atomic E-state index is 0.887. The second-order valence-electron chi connectivity index (χ2n) is 12.2. The van der Waals surface area contributed by atoms with Crippen molar-refractivity contribution in [2.24, 2.45) is 0 Å². The molecule has 0 atom stereocenters. The van der Waals surface area contributed by atoms with Crippen LogP contribution in [0.2, 0.25) is 0 Å². The Kier molecular flexibility index (Phi) is 6.84. The molecule has 2 heteroatoms. The van der Waals surface area contributed by atoms with Gasteiger partial charge in [0.1, 0.15) is 11.2 Å². The molecular formula is C46H31NO. The molecule has 2 nitrogen and oxygen atoms in total. The lowest BCUT2D eigenvalue weighted by molar-refractivity contribution is 0.669. The van der Waals surface area contributed by atoms with Crippen LogP contribution in [0.5, 0.6) is 0 Å². The van der Waals surface area contributed by atoms with E-state index in [0.29, 0.717) is 0 Å². The van der Waals surface area contributed by atoms with Gasteiger partial charge in [0.2, 0.25) is 0 Å². The highest BCUT2D eigenvalue weighted by molar-refractivity contribution is 6.06. The van der Waals surface area contributed by atoms with E-state index in [1.807, 2.05) is 12.1 Å². The van der Waals surface area contributed by atoms with E-state index >= 15 is 0 Å². The van der Waals surface area contributed by atoms with E-state index in [4.69, 9.17) is 4.42 Å². The molecule has 9 rings (SSSR count). The second-order valence-corrected chi connectivity index (χ2v) is 12.2. The van der Waals surface area contributed by atoms with Crippen molar-refractivity contribution < 1.29 is 4.42 Å². The number of hydrogen-bond donors (Lipinski definition) is 0. The second kappa shape index (κ2) is 11.8. The van der Waals surface area contributed by atoms with Crippen molar-refractivity contribution >= 4 is 49.8 Å². The summed E-state index contributed by atoms with van der Waals surface area (Å²) in [6, 6.07) is 67.0. The highest BCUT2D eigenvalue weighted by Gasteiger charge is 2.21. The van der Waals surface area contributed by atoms with E-state index < -0.39 is 0 Å². The Labute approximate surface area is 279 Å². The van der Waals surface area contributed by atoms with Crippen LogP contribution in [-0.2, 0) is 0 Å². The van der Waals surface area contributed by atoms with E-state index in [-0.39, 0.29) is 0 Å². The summed E-state index contributed by atoms with van der Waals surface area (Å²) in [6.07, 6.45) is 0.